The molecule has 2 atom stereocenters. The minimum Gasteiger partial charge on any atom is -0.391 e. The second kappa shape index (κ2) is 7.19. The Morgan fingerprint density at radius 1 is 1.28 bits per heavy atom. The number of β-amino-alcohol motifs (C(OH)–C–C–N with tert-alkyl or cyclic N) is 1. The number of likely N-dealkylation sites (tertiary alicyclic amines) is 1. The lowest BCUT2D eigenvalue weighted by Gasteiger charge is -2.36. The van der Waals surface area contributed by atoms with E-state index in [0.29, 0.717) is 24.9 Å². The van der Waals surface area contributed by atoms with E-state index in [0.717, 1.165) is 5.56 Å². The zero-order chi connectivity index (χ0) is 18.0. The maximum atomic E-state index is 13.0. The average Bonchev–Trinajstić information content (AvgIpc) is 2.60. The van der Waals surface area contributed by atoms with Crippen molar-refractivity contribution >= 4 is 5.91 Å². The Kier molecular flexibility index (Phi) is 4.99. The van der Waals surface area contributed by atoms with Crippen LogP contribution in [-0.2, 0) is 13.5 Å². The number of benzene rings is 1. The van der Waals surface area contributed by atoms with Gasteiger partial charge in [0.05, 0.1) is 6.10 Å². The quantitative estimate of drug-likeness (QED) is 0.920. The van der Waals surface area contributed by atoms with Crippen LogP contribution in [0.3, 0.4) is 0 Å². The number of piperidine rings is 1. The smallest absolute Gasteiger partial charge is 0.254 e. The van der Waals surface area contributed by atoms with Crippen molar-refractivity contribution in [3.8, 4) is 0 Å². The fraction of sp³-hybridized carbons (Fsp3) is 0.368. The number of aromatic nitrogens is 1. The summed E-state index contributed by atoms with van der Waals surface area (Å²) in [5.74, 6) is -0.492. The van der Waals surface area contributed by atoms with Crippen LogP contribution in [0.1, 0.15) is 22.3 Å². The van der Waals surface area contributed by atoms with Gasteiger partial charge in [0, 0.05) is 38.0 Å². The zero-order valence-corrected chi connectivity index (χ0v) is 14.1. The van der Waals surface area contributed by atoms with Crippen LogP contribution in [-0.4, -0.2) is 39.7 Å². The lowest BCUT2D eigenvalue weighted by Crippen LogP contribution is -2.47. The molecule has 1 aliphatic rings. The lowest BCUT2D eigenvalue weighted by atomic mass is 9.87. The van der Waals surface area contributed by atoms with Gasteiger partial charge in [0.15, 0.2) is 0 Å². The number of hydrogen-bond donors (Lipinski definition) is 1. The van der Waals surface area contributed by atoms with Crippen LogP contribution >= 0.6 is 0 Å². The first-order valence-corrected chi connectivity index (χ1v) is 8.32. The molecule has 25 heavy (non-hydrogen) atoms. The Bertz CT molecular complexity index is 816. The summed E-state index contributed by atoms with van der Waals surface area (Å²) in [7, 11) is 1.63. The van der Waals surface area contributed by atoms with Gasteiger partial charge in [-0.2, -0.15) is 0 Å². The summed E-state index contributed by atoms with van der Waals surface area (Å²) in [6, 6.07) is 9.20. The van der Waals surface area contributed by atoms with E-state index in [9.17, 15) is 19.1 Å². The molecule has 6 heteroatoms. The molecule has 0 radical (unpaired) electrons. The summed E-state index contributed by atoms with van der Waals surface area (Å²) in [6.45, 7) is 0.761. The number of rotatable bonds is 3. The first kappa shape index (κ1) is 17.4. The van der Waals surface area contributed by atoms with Gasteiger partial charge in [-0.3, -0.25) is 9.59 Å². The molecule has 3 rings (SSSR count). The molecule has 0 bridgehead atoms. The Hall–Kier alpha value is -2.47. The van der Waals surface area contributed by atoms with Crippen LogP contribution in [0.5, 0.6) is 0 Å². The molecule has 0 unspecified atom stereocenters. The molecule has 1 aromatic heterocycles. The highest BCUT2D eigenvalue weighted by Crippen LogP contribution is 2.23. The number of halogens is 1. The molecule has 1 amide bonds. The first-order valence-electron chi connectivity index (χ1n) is 8.32. The predicted molar refractivity (Wildman–Crippen MR) is 91.8 cm³/mol. The Morgan fingerprint density at radius 2 is 2.00 bits per heavy atom. The highest BCUT2D eigenvalue weighted by Gasteiger charge is 2.30. The maximum absolute atomic E-state index is 13.0. The zero-order valence-electron chi connectivity index (χ0n) is 14.1. The fourth-order valence-corrected chi connectivity index (χ4v) is 3.19. The van der Waals surface area contributed by atoms with E-state index in [1.165, 1.54) is 22.8 Å². The van der Waals surface area contributed by atoms with Crippen molar-refractivity contribution in [1.29, 1.82) is 0 Å². The van der Waals surface area contributed by atoms with Gasteiger partial charge in [-0.05, 0) is 42.5 Å². The third-order valence-electron chi connectivity index (χ3n) is 4.77. The second-order valence-corrected chi connectivity index (χ2v) is 6.56. The van der Waals surface area contributed by atoms with Crippen LogP contribution in [0.15, 0.2) is 47.4 Å². The van der Waals surface area contributed by atoms with E-state index in [1.54, 1.807) is 36.3 Å². The minimum absolute atomic E-state index is 0.0261. The Balaban J connectivity index is 1.64. The van der Waals surface area contributed by atoms with Gasteiger partial charge in [-0.25, -0.2) is 4.39 Å². The molecule has 0 saturated carbocycles. The number of aliphatic hydroxyl groups excluding tert-OH is 1. The van der Waals surface area contributed by atoms with E-state index >= 15 is 0 Å². The molecule has 5 nitrogen and oxygen atoms in total. The third-order valence-corrected chi connectivity index (χ3v) is 4.77. The van der Waals surface area contributed by atoms with E-state index in [-0.39, 0.29) is 29.7 Å². The number of aryl methyl sites for hydroxylation is 1. The number of pyridine rings is 1. The monoisotopic (exact) mass is 344 g/mol. The van der Waals surface area contributed by atoms with Gasteiger partial charge in [0.2, 0.25) is 0 Å². The van der Waals surface area contributed by atoms with E-state index in [2.05, 4.69) is 0 Å². The summed E-state index contributed by atoms with van der Waals surface area (Å²) in [5.41, 5.74) is 1.07. The number of carbonyl (C=O) groups is 1. The van der Waals surface area contributed by atoms with Crippen molar-refractivity contribution < 1.29 is 14.3 Å². The topological polar surface area (TPSA) is 62.5 Å². The summed E-state index contributed by atoms with van der Waals surface area (Å²) < 4.78 is 14.4. The number of carbonyl (C=O) groups excluding carboxylic acids is 1. The molecular formula is C19H21FN2O3. The van der Waals surface area contributed by atoms with E-state index in [1.807, 2.05) is 0 Å². The summed E-state index contributed by atoms with van der Waals surface area (Å²) >= 11 is 0. The Morgan fingerprint density at radius 3 is 2.64 bits per heavy atom. The Labute approximate surface area is 145 Å². The van der Waals surface area contributed by atoms with Crippen LogP contribution in [0.25, 0.3) is 0 Å². The molecule has 1 aromatic carbocycles. The summed E-state index contributed by atoms with van der Waals surface area (Å²) in [5, 5.41) is 10.4. The van der Waals surface area contributed by atoms with Gasteiger partial charge >= 0.3 is 0 Å². The fourth-order valence-electron chi connectivity index (χ4n) is 3.19. The van der Waals surface area contributed by atoms with Crippen molar-refractivity contribution in [3.05, 3.63) is 69.9 Å². The van der Waals surface area contributed by atoms with Crippen molar-refractivity contribution in [3.63, 3.8) is 0 Å². The van der Waals surface area contributed by atoms with Gasteiger partial charge < -0.3 is 14.6 Å². The van der Waals surface area contributed by atoms with Crippen molar-refractivity contribution in [2.24, 2.45) is 13.0 Å². The summed E-state index contributed by atoms with van der Waals surface area (Å²) in [6.07, 6.45) is 2.23. The van der Waals surface area contributed by atoms with Crippen molar-refractivity contribution in [2.45, 2.75) is 18.9 Å². The molecular weight excluding hydrogens is 323 g/mol. The average molecular weight is 344 g/mol. The SMILES string of the molecule is Cn1ccc(C(=O)N2CC[C@H](Cc3ccc(F)cc3)[C@@H](O)C2)cc1=O. The molecule has 2 heterocycles. The largest absolute Gasteiger partial charge is 0.391 e. The van der Waals surface area contributed by atoms with E-state index in [4.69, 9.17) is 0 Å². The third kappa shape index (κ3) is 3.96. The molecule has 132 valence electrons. The van der Waals surface area contributed by atoms with Gasteiger partial charge in [-0.15, -0.1) is 0 Å². The van der Waals surface area contributed by atoms with Crippen molar-refractivity contribution in [2.75, 3.05) is 13.1 Å². The molecule has 1 aliphatic heterocycles. The number of amides is 1. The highest BCUT2D eigenvalue weighted by molar-refractivity contribution is 5.94. The van der Waals surface area contributed by atoms with Gasteiger partial charge in [0.25, 0.3) is 11.5 Å². The molecule has 1 saturated heterocycles. The number of hydrogen-bond acceptors (Lipinski definition) is 3. The van der Waals surface area contributed by atoms with Gasteiger partial charge in [-0.1, -0.05) is 12.1 Å². The number of aliphatic hydroxyl groups is 1. The van der Waals surface area contributed by atoms with Crippen molar-refractivity contribution in [1.82, 2.24) is 9.47 Å². The van der Waals surface area contributed by atoms with Crippen LogP contribution < -0.4 is 5.56 Å². The molecule has 0 aliphatic carbocycles. The molecule has 2 aromatic rings. The second-order valence-electron chi connectivity index (χ2n) is 6.56. The molecule has 0 spiro atoms. The summed E-state index contributed by atoms with van der Waals surface area (Å²) in [4.78, 5) is 25.8. The maximum Gasteiger partial charge on any atom is 0.254 e. The lowest BCUT2D eigenvalue weighted by molar-refractivity contribution is 0.0198. The predicted octanol–water partition coefficient (Wildman–Crippen LogP) is 1.59. The first-order chi connectivity index (χ1) is 11.9. The number of nitrogens with zero attached hydrogens (tertiary/aromatic N) is 2. The van der Waals surface area contributed by atoms with Gasteiger partial charge in [0.1, 0.15) is 5.82 Å². The van der Waals surface area contributed by atoms with Crippen LogP contribution in [0.2, 0.25) is 0 Å². The minimum atomic E-state index is -0.644. The normalized spacial score (nSPS) is 20.5. The van der Waals surface area contributed by atoms with E-state index < -0.39 is 6.10 Å². The molecule has 1 N–H and O–H groups in total. The van der Waals surface area contributed by atoms with Crippen LogP contribution in [0.4, 0.5) is 4.39 Å². The van der Waals surface area contributed by atoms with Crippen LogP contribution in [0, 0.1) is 11.7 Å². The molecule has 1 fully saturated rings. The standard InChI is InChI=1S/C19H21FN2O3/c1-21-8-6-15(11-18(21)24)19(25)22-9-7-14(17(23)12-22)10-13-2-4-16(20)5-3-13/h2-6,8,11,14,17,23H,7,9-10,12H2,1H3/t14-,17+/m1/s1. The highest BCUT2D eigenvalue weighted by atomic mass is 19.1.